The van der Waals surface area contributed by atoms with Gasteiger partial charge in [0.2, 0.25) is 5.91 Å². The fraction of sp³-hybridized carbons (Fsp3) is 0.500. The lowest BCUT2D eigenvalue weighted by molar-refractivity contribution is -0.131. The minimum absolute atomic E-state index is 0.00914. The maximum absolute atomic E-state index is 13.8. The molecule has 1 atom stereocenters. The fourth-order valence-electron chi connectivity index (χ4n) is 3.44. The van der Waals surface area contributed by atoms with Crippen LogP contribution in [0.4, 0.5) is 4.39 Å². The Kier molecular flexibility index (Phi) is 4.04. The Labute approximate surface area is 140 Å². The lowest BCUT2D eigenvalue weighted by Gasteiger charge is -2.24. The minimum Gasteiger partial charge on any atom is -0.338 e. The maximum atomic E-state index is 13.8. The standard InChI is InChI=1S/C18H21FN4O/c19-16-6-2-1-4-14(16)10-18(24)23-9-3-5-15(23)11-22-12-17(20-21-22)13-7-8-13/h1-2,4,6,12-13,15H,3,5,7-11H2/t15-/m0/s1. The van der Waals surface area contributed by atoms with Gasteiger partial charge in [0, 0.05) is 18.7 Å². The van der Waals surface area contributed by atoms with Crippen LogP contribution in [0.25, 0.3) is 0 Å². The highest BCUT2D eigenvalue weighted by Crippen LogP contribution is 2.38. The lowest BCUT2D eigenvalue weighted by Crippen LogP contribution is -2.39. The van der Waals surface area contributed by atoms with E-state index in [0.29, 0.717) is 18.0 Å². The van der Waals surface area contributed by atoms with Crippen LogP contribution in [0.15, 0.2) is 30.5 Å². The second-order valence-electron chi connectivity index (χ2n) is 6.79. The summed E-state index contributed by atoms with van der Waals surface area (Å²) in [5, 5.41) is 8.43. The number of hydrogen-bond donors (Lipinski definition) is 0. The van der Waals surface area contributed by atoms with E-state index in [0.717, 1.165) is 25.1 Å². The van der Waals surface area contributed by atoms with Crippen LogP contribution < -0.4 is 0 Å². The van der Waals surface area contributed by atoms with E-state index in [1.54, 1.807) is 18.2 Å². The average molecular weight is 328 g/mol. The third-order valence-corrected chi connectivity index (χ3v) is 4.95. The molecule has 0 radical (unpaired) electrons. The smallest absolute Gasteiger partial charge is 0.227 e. The van der Waals surface area contributed by atoms with Gasteiger partial charge in [-0.15, -0.1) is 5.10 Å². The molecule has 1 aromatic carbocycles. The SMILES string of the molecule is O=C(Cc1ccccc1F)N1CCC[C@H]1Cn1cc(C2CC2)nn1. The van der Waals surface area contributed by atoms with Gasteiger partial charge in [-0.2, -0.15) is 0 Å². The highest BCUT2D eigenvalue weighted by atomic mass is 19.1. The molecular formula is C18H21FN4O. The molecule has 1 aliphatic heterocycles. The number of nitrogens with zero attached hydrogens (tertiary/aromatic N) is 4. The number of aromatic nitrogens is 3. The van der Waals surface area contributed by atoms with Crippen LogP contribution in [0.5, 0.6) is 0 Å². The number of carbonyl (C=O) groups excluding carboxylic acids is 1. The molecule has 6 heteroatoms. The topological polar surface area (TPSA) is 51.0 Å². The number of rotatable bonds is 5. The van der Waals surface area contributed by atoms with Crippen LogP contribution in [-0.2, 0) is 17.8 Å². The predicted molar refractivity (Wildman–Crippen MR) is 86.8 cm³/mol. The summed E-state index contributed by atoms with van der Waals surface area (Å²) in [4.78, 5) is 14.5. The zero-order valence-corrected chi connectivity index (χ0v) is 13.6. The van der Waals surface area contributed by atoms with Crippen LogP contribution in [0.1, 0.15) is 42.9 Å². The van der Waals surface area contributed by atoms with Crippen molar-refractivity contribution >= 4 is 5.91 Å². The molecule has 1 aliphatic carbocycles. The second-order valence-corrected chi connectivity index (χ2v) is 6.79. The van der Waals surface area contributed by atoms with Gasteiger partial charge in [0.05, 0.1) is 24.7 Å². The molecule has 2 aromatic rings. The molecule has 1 amide bonds. The lowest BCUT2D eigenvalue weighted by atomic mass is 10.1. The number of halogens is 1. The van der Waals surface area contributed by atoms with Gasteiger partial charge in [-0.3, -0.25) is 9.48 Å². The molecular weight excluding hydrogens is 307 g/mol. The van der Waals surface area contributed by atoms with Crippen molar-refractivity contribution in [3.05, 3.63) is 47.5 Å². The van der Waals surface area contributed by atoms with Gasteiger partial charge in [-0.1, -0.05) is 23.4 Å². The number of likely N-dealkylation sites (tertiary alicyclic amines) is 1. The van der Waals surface area contributed by atoms with Crippen LogP contribution in [0, 0.1) is 5.82 Å². The van der Waals surface area contributed by atoms with Crippen LogP contribution in [0.3, 0.4) is 0 Å². The Hall–Kier alpha value is -2.24. The molecule has 2 heterocycles. The first kappa shape index (κ1) is 15.3. The summed E-state index contributed by atoms with van der Waals surface area (Å²) in [6.07, 6.45) is 6.48. The highest BCUT2D eigenvalue weighted by Gasteiger charge is 2.31. The highest BCUT2D eigenvalue weighted by molar-refractivity contribution is 5.79. The van der Waals surface area contributed by atoms with Crippen molar-refractivity contribution in [2.45, 2.75) is 50.6 Å². The Morgan fingerprint density at radius 3 is 2.88 bits per heavy atom. The number of amides is 1. The van der Waals surface area contributed by atoms with E-state index in [1.165, 1.54) is 18.9 Å². The van der Waals surface area contributed by atoms with Crippen molar-refractivity contribution in [2.75, 3.05) is 6.54 Å². The van der Waals surface area contributed by atoms with E-state index in [2.05, 4.69) is 10.3 Å². The van der Waals surface area contributed by atoms with Crippen LogP contribution >= 0.6 is 0 Å². The quantitative estimate of drug-likeness (QED) is 0.847. The van der Waals surface area contributed by atoms with Crippen molar-refractivity contribution in [1.29, 1.82) is 0 Å². The third kappa shape index (κ3) is 3.18. The summed E-state index contributed by atoms with van der Waals surface area (Å²) in [6.45, 7) is 1.41. The minimum atomic E-state index is -0.313. The first-order valence-electron chi connectivity index (χ1n) is 8.63. The van der Waals surface area contributed by atoms with Gasteiger partial charge in [-0.05, 0) is 37.3 Å². The molecule has 24 heavy (non-hydrogen) atoms. The predicted octanol–water partition coefficient (Wildman–Crippen LogP) is 2.53. The normalized spacial score (nSPS) is 20.5. The summed E-state index contributed by atoms with van der Waals surface area (Å²) >= 11 is 0. The molecule has 126 valence electrons. The number of hydrogen-bond acceptors (Lipinski definition) is 3. The van der Waals surface area contributed by atoms with Gasteiger partial charge < -0.3 is 4.90 Å². The summed E-state index contributed by atoms with van der Waals surface area (Å²) in [6, 6.07) is 6.61. The molecule has 0 N–H and O–H groups in total. The largest absolute Gasteiger partial charge is 0.338 e. The van der Waals surface area contributed by atoms with E-state index >= 15 is 0 Å². The Morgan fingerprint density at radius 1 is 1.25 bits per heavy atom. The molecule has 2 fully saturated rings. The van der Waals surface area contributed by atoms with E-state index in [1.807, 2.05) is 15.8 Å². The Morgan fingerprint density at radius 2 is 2.08 bits per heavy atom. The van der Waals surface area contributed by atoms with E-state index < -0.39 is 0 Å². The van der Waals surface area contributed by atoms with Gasteiger partial charge in [0.1, 0.15) is 5.82 Å². The van der Waals surface area contributed by atoms with Gasteiger partial charge in [-0.25, -0.2) is 4.39 Å². The average Bonchev–Trinajstić information content (AvgIpc) is 3.14. The van der Waals surface area contributed by atoms with E-state index in [-0.39, 0.29) is 24.2 Å². The van der Waals surface area contributed by atoms with Crippen LogP contribution in [-0.4, -0.2) is 38.4 Å². The third-order valence-electron chi connectivity index (χ3n) is 4.95. The first-order valence-corrected chi connectivity index (χ1v) is 8.63. The summed E-state index contributed by atoms with van der Waals surface area (Å²) in [5.41, 5.74) is 1.53. The Balaban J connectivity index is 1.41. The summed E-state index contributed by atoms with van der Waals surface area (Å²) in [5.74, 6) is 0.262. The van der Waals surface area contributed by atoms with Crippen molar-refractivity contribution in [3.63, 3.8) is 0 Å². The maximum Gasteiger partial charge on any atom is 0.227 e. The zero-order valence-electron chi connectivity index (χ0n) is 13.6. The molecule has 0 bridgehead atoms. The zero-order chi connectivity index (χ0) is 16.5. The van der Waals surface area contributed by atoms with Crippen molar-refractivity contribution in [2.24, 2.45) is 0 Å². The number of benzene rings is 1. The van der Waals surface area contributed by atoms with Crippen molar-refractivity contribution in [1.82, 2.24) is 19.9 Å². The van der Waals surface area contributed by atoms with Gasteiger partial charge in [0.15, 0.2) is 0 Å². The van der Waals surface area contributed by atoms with Crippen molar-refractivity contribution < 1.29 is 9.18 Å². The summed E-state index contributed by atoms with van der Waals surface area (Å²) in [7, 11) is 0. The fourth-order valence-corrected chi connectivity index (χ4v) is 3.44. The Bertz CT molecular complexity index is 740. The number of carbonyl (C=O) groups is 1. The van der Waals surface area contributed by atoms with Crippen LogP contribution in [0.2, 0.25) is 0 Å². The van der Waals surface area contributed by atoms with Crippen molar-refractivity contribution in [3.8, 4) is 0 Å². The molecule has 1 aromatic heterocycles. The first-order chi connectivity index (χ1) is 11.7. The van der Waals surface area contributed by atoms with Gasteiger partial charge >= 0.3 is 0 Å². The van der Waals surface area contributed by atoms with E-state index in [9.17, 15) is 9.18 Å². The molecule has 1 saturated heterocycles. The molecule has 0 spiro atoms. The van der Waals surface area contributed by atoms with E-state index in [4.69, 9.17) is 0 Å². The second kappa shape index (κ2) is 6.34. The molecule has 1 saturated carbocycles. The molecule has 2 aliphatic rings. The molecule has 5 nitrogen and oxygen atoms in total. The summed E-state index contributed by atoms with van der Waals surface area (Å²) < 4.78 is 15.6. The molecule has 4 rings (SSSR count). The molecule has 0 unspecified atom stereocenters. The monoisotopic (exact) mass is 328 g/mol. The van der Waals surface area contributed by atoms with Gasteiger partial charge in [0.25, 0.3) is 0 Å².